The van der Waals surface area contributed by atoms with Crippen LogP contribution >= 0.6 is 11.3 Å². The quantitative estimate of drug-likeness (QED) is 0.317. The number of nitrogens with zero attached hydrogens (tertiary/aromatic N) is 1. The number of nitro groups is 1. The molecule has 0 spiro atoms. The van der Waals surface area contributed by atoms with E-state index in [1.165, 1.54) is 16.5 Å². The summed E-state index contributed by atoms with van der Waals surface area (Å²) in [5.41, 5.74) is 3.46. The van der Waals surface area contributed by atoms with Crippen molar-refractivity contribution in [1.82, 2.24) is 5.32 Å². The monoisotopic (exact) mass is 479 g/mol. The maximum absolute atomic E-state index is 13.1. The fraction of sp³-hybridized carbons (Fsp3) is 0.423. The lowest BCUT2D eigenvalue weighted by atomic mass is 9.69. The van der Waals surface area contributed by atoms with Gasteiger partial charge in [0.05, 0.1) is 16.1 Å². The third kappa shape index (κ3) is 3.79. The summed E-state index contributed by atoms with van der Waals surface area (Å²) in [5, 5.41) is 18.9. The topological polar surface area (TPSA) is 97.4 Å². The van der Waals surface area contributed by atoms with E-state index in [-0.39, 0.29) is 17.0 Å². The summed E-state index contributed by atoms with van der Waals surface area (Å²) < 4.78 is 6.00. The number of aryl methyl sites for hydroxylation is 1. The molecule has 7 nitrogen and oxygen atoms in total. The largest absolute Gasteiger partial charge is 0.457 e. The van der Waals surface area contributed by atoms with E-state index in [4.69, 9.17) is 4.42 Å². The highest BCUT2D eigenvalue weighted by atomic mass is 32.1. The molecule has 3 aromatic rings. The van der Waals surface area contributed by atoms with Gasteiger partial charge in [-0.25, -0.2) is 0 Å². The van der Waals surface area contributed by atoms with Crippen molar-refractivity contribution < 1.29 is 14.1 Å². The fourth-order valence-electron chi connectivity index (χ4n) is 5.05. The smallest absolute Gasteiger partial charge is 0.280 e. The van der Waals surface area contributed by atoms with Gasteiger partial charge in [-0.1, -0.05) is 33.3 Å². The molecule has 2 aromatic heterocycles. The van der Waals surface area contributed by atoms with Gasteiger partial charge in [0.2, 0.25) is 0 Å². The third-order valence-corrected chi connectivity index (χ3v) is 8.77. The van der Waals surface area contributed by atoms with E-state index in [9.17, 15) is 14.9 Å². The number of thiophene rings is 1. The van der Waals surface area contributed by atoms with Crippen molar-refractivity contribution in [2.24, 2.45) is 11.3 Å². The third-order valence-electron chi connectivity index (χ3n) is 7.59. The average molecular weight is 480 g/mol. The zero-order chi connectivity index (χ0) is 24.2. The Morgan fingerprint density at radius 2 is 2.03 bits per heavy atom. The van der Waals surface area contributed by atoms with Crippen molar-refractivity contribution in [1.29, 1.82) is 0 Å². The maximum atomic E-state index is 13.1. The van der Waals surface area contributed by atoms with Crippen molar-refractivity contribution in [2.75, 3.05) is 5.32 Å². The molecule has 0 saturated heterocycles. The van der Waals surface area contributed by atoms with Crippen LogP contribution in [0.5, 0.6) is 0 Å². The Morgan fingerprint density at radius 3 is 2.76 bits per heavy atom. The summed E-state index contributed by atoms with van der Waals surface area (Å²) >= 11 is 1.68. The molecule has 178 valence electrons. The number of carbonyl (C=O) groups excluding carboxylic acids is 1. The van der Waals surface area contributed by atoms with Gasteiger partial charge in [-0.3, -0.25) is 14.9 Å². The van der Waals surface area contributed by atoms with Crippen molar-refractivity contribution in [2.45, 2.75) is 59.5 Å². The first kappa shape index (κ1) is 22.7. The number of amides is 1. The fourth-order valence-corrected chi connectivity index (χ4v) is 6.40. The summed E-state index contributed by atoms with van der Waals surface area (Å²) in [7, 11) is 0. The zero-order valence-electron chi connectivity index (χ0n) is 19.9. The Bertz CT molecular complexity index is 1290. The van der Waals surface area contributed by atoms with Crippen LogP contribution in [0.3, 0.4) is 0 Å². The first-order valence-corrected chi connectivity index (χ1v) is 12.6. The summed E-state index contributed by atoms with van der Waals surface area (Å²) in [6.07, 6.45) is 3.65. The number of carbonyl (C=O) groups is 1. The van der Waals surface area contributed by atoms with Crippen molar-refractivity contribution in [3.05, 3.63) is 67.8 Å². The molecule has 5 rings (SSSR count). The van der Waals surface area contributed by atoms with Gasteiger partial charge >= 0.3 is 0 Å². The number of rotatable bonds is 5. The van der Waals surface area contributed by atoms with Crippen LogP contribution in [0, 0.1) is 28.4 Å². The van der Waals surface area contributed by atoms with E-state index >= 15 is 0 Å². The van der Waals surface area contributed by atoms with Crippen LogP contribution in [0.4, 0.5) is 10.7 Å². The van der Waals surface area contributed by atoms with Crippen LogP contribution in [-0.4, -0.2) is 10.8 Å². The standard InChI is InChI=1S/C26H29N3O4S/c1-5-26(3,4)15-7-9-17-21(13-15)34-25-22(17)24(30)27-23(28-25)20-11-10-19(33-20)16-8-6-14(2)12-18(16)29(31)32/h6,8,10-12,15,23,28H,5,7,9,13H2,1-4H3,(H,27,30)/t15-,23-/m1/s1. The minimum Gasteiger partial charge on any atom is -0.457 e. The molecule has 1 aliphatic heterocycles. The predicted octanol–water partition coefficient (Wildman–Crippen LogP) is 6.62. The van der Waals surface area contributed by atoms with Gasteiger partial charge in [0.1, 0.15) is 16.5 Å². The first-order chi connectivity index (χ1) is 16.2. The van der Waals surface area contributed by atoms with E-state index in [2.05, 4.69) is 31.4 Å². The minimum atomic E-state index is -0.527. The van der Waals surface area contributed by atoms with Crippen LogP contribution in [0.2, 0.25) is 0 Å². The van der Waals surface area contributed by atoms with Crippen LogP contribution in [-0.2, 0) is 12.8 Å². The number of hydrogen-bond acceptors (Lipinski definition) is 6. The molecule has 1 amide bonds. The number of fused-ring (bicyclic) bond motifs is 3. The first-order valence-electron chi connectivity index (χ1n) is 11.7. The maximum Gasteiger partial charge on any atom is 0.280 e. The second-order valence-corrected chi connectivity index (χ2v) is 11.1. The number of benzene rings is 1. The van der Waals surface area contributed by atoms with Crippen LogP contribution in [0.15, 0.2) is 34.7 Å². The molecule has 1 aromatic carbocycles. The molecule has 3 heterocycles. The van der Waals surface area contributed by atoms with Gasteiger partial charge in [0.15, 0.2) is 6.17 Å². The summed E-state index contributed by atoms with van der Waals surface area (Å²) in [6.45, 7) is 8.74. The van der Waals surface area contributed by atoms with E-state index in [1.54, 1.807) is 29.5 Å². The minimum absolute atomic E-state index is 0.000634. The lowest BCUT2D eigenvalue weighted by Crippen LogP contribution is -2.38. The van der Waals surface area contributed by atoms with Gasteiger partial charge in [-0.2, -0.15) is 0 Å². The highest BCUT2D eigenvalue weighted by Crippen LogP contribution is 2.47. The van der Waals surface area contributed by atoms with Crippen molar-refractivity contribution in [3.63, 3.8) is 0 Å². The number of furan rings is 1. The van der Waals surface area contributed by atoms with Crippen LogP contribution in [0.25, 0.3) is 11.3 Å². The molecule has 2 N–H and O–H groups in total. The van der Waals surface area contributed by atoms with Crippen LogP contribution < -0.4 is 10.6 Å². The second-order valence-electron chi connectivity index (χ2n) is 10.0. The van der Waals surface area contributed by atoms with Gasteiger partial charge in [-0.05, 0) is 66.8 Å². The van der Waals surface area contributed by atoms with E-state index < -0.39 is 11.1 Å². The molecule has 0 saturated carbocycles. The molecule has 0 unspecified atom stereocenters. The van der Waals surface area contributed by atoms with Crippen molar-refractivity contribution in [3.8, 4) is 11.3 Å². The molecule has 34 heavy (non-hydrogen) atoms. The molecule has 2 aliphatic rings. The zero-order valence-corrected chi connectivity index (χ0v) is 20.7. The summed E-state index contributed by atoms with van der Waals surface area (Å²) in [5.74, 6) is 1.43. The van der Waals surface area contributed by atoms with Gasteiger partial charge in [-0.15, -0.1) is 11.3 Å². The van der Waals surface area contributed by atoms with Crippen LogP contribution in [0.1, 0.15) is 71.9 Å². The number of anilines is 1. The highest BCUT2D eigenvalue weighted by Gasteiger charge is 2.38. The summed E-state index contributed by atoms with van der Waals surface area (Å²) in [4.78, 5) is 25.6. The van der Waals surface area contributed by atoms with Crippen molar-refractivity contribution >= 4 is 27.9 Å². The lowest BCUT2D eigenvalue weighted by Gasteiger charge is -2.36. The van der Waals surface area contributed by atoms with E-state index in [0.29, 0.717) is 23.0 Å². The van der Waals surface area contributed by atoms with Gasteiger partial charge in [0, 0.05) is 10.9 Å². The second kappa shape index (κ2) is 8.27. The Morgan fingerprint density at radius 1 is 1.24 bits per heavy atom. The molecule has 8 heteroatoms. The SMILES string of the molecule is CCC(C)(C)[C@@H]1CCc2c(sc3c2C(=O)N[C@@H](c2ccc(-c4ccc(C)cc4[N+](=O)[O-])o2)N3)C1. The normalized spacial score (nSPS) is 19.7. The Kier molecular flexibility index (Phi) is 5.51. The van der Waals surface area contributed by atoms with E-state index in [0.717, 1.165) is 41.8 Å². The highest BCUT2D eigenvalue weighted by molar-refractivity contribution is 7.16. The molecular formula is C26H29N3O4S. The van der Waals surface area contributed by atoms with E-state index in [1.807, 2.05) is 13.0 Å². The molecule has 0 radical (unpaired) electrons. The molecule has 1 aliphatic carbocycles. The summed E-state index contributed by atoms with van der Waals surface area (Å²) in [6, 6.07) is 8.53. The molecule has 0 bridgehead atoms. The predicted molar refractivity (Wildman–Crippen MR) is 133 cm³/mol. The Balaban J connectivity index is 1.42. The number of nitro benzene ring substituents is 1. The molecule has 0 fully saturated rings. The number of hydrogen-bond donors (Lipinski definition) is 2. The number of nitrogens with one attached hydrogen (secondary N) is 2. The van der Waals surface area contributed by atoms with Gasteiger partial charge < -0.3 is 15.1 Å². The molecular weight excluding hydrogens is 450 g/mol. The van der Waals surface area contributed by atoms with Gasteiger partial charge in [0.25, 0.3) is 11.6 Å². The Hall–Kier alpha value is -3.13. The Labute approximate surface area is 202 Å². The average Bonchev–Trinajstić information content (AvgIpc) is 3.43. The lowest BCUT2D eigenvalue weighted by molar-refractivity contribution is -0.384. The molecule has 2 atom stereocenters.